The van der Waals surface area contributed by atoms with Gasteiger partial charge in [0.2, 0.25) is 5.91 Å². The smallest absolute Gasteiger partial charge is 0.231 e. The van der Waals surface area contributed by atoms with Gasteiger partial charge >= 0.3 is 0 Å². The fourth-order valence-corrected chi connectivity index (χ4v) is 3.96. The Balaban J connectivity index is 2.23. The van der Waals surface area contributed by atoms with E-state index in [9.17, 15) is 4.79 Å². The highest BCUT2D eigenvalue weighted by Gasteiger charge is 2.38. The molecule has 0 saturated heterocycles. The van der Waals surface area contributed by atoms with Gasteiger partial charge in [-0.2, -0.15) is 0 Å². The van der Waals surface area contributed by atoms with Crippen LogP contribution < -0.4 is 11.1 Å². The number of nitrogens with one attached hydrogen (secondary N) is 1. The molecule has 110 valence electrons. The van der Waals surface area contributed by atoms with Crippen molar-refractivity contribution in [2.45, 2.75) is 32.1 Å². The molecule has 0 aliphatic heterocycles. The van der Waals surface area contributed by atoms with Gasteiger partial charge in [-0.15, -0.1) is 0 Å². The van der Waals surface area contributed by atoms with Gasteiger partial charge < -0.3 is 11.1 Å². The first-order chi connectivity index (χ1) is 9.48. The van der Waals surface area contributed by atoms with Gasteiger partial charge in [-0.25, -0.2) is 0 Å². The summed E-state index contributed by atoms with van der Waals surface area (Å²) in [4.78, 5) is 12.6. The third kappa shape index (κ3) is 3.30. The van der Waals surface area contributed by atoms with Crippen molar-refractivity contribution in [3.05, 3.63) is 26.7 Å². The van der Waals surface area contributed by atoms with Crippen LogP contribution in [0, 0.1) is 5.41 Å². The number of hydrogen-bond donors (Lipinski definition) is 2. The van der Waals surface area contributed by atoms with Crippen LogP contribution in [0.25, 0.3) is 0 Å². The molecule has 1 aliphatic carbocycles. The highest BCUT2D eigenvalue weighted by molar-refractivity contribution is 9.10. The Kier molecular flexibility index (Phi) is 5.35. The zero-order valence-electron chi connectivity index (χ0n) is 11.0. The first-order valence-electron chi connectivity index (χ1n) is 6.64. The number of carbonyl (C=O) groups is 1. The summed E-state index contributed by atoms with van der Waals surface area (Å²) < 4.78 is 0.775. The number of rotatable bonds is 3. The van der Waals surface area contributed by atoms with E-state index < -0.39 is 5.41 Å². The van der Waals surface area contributed by atoms with Crippen molar-refractivity contribution >= 4 is 50.7 Å². The van der Waals surface area contributed by atoms with Crippen LogP contribution >= 0.6 is 39.1 Å². The molecule has 1 aromatic carbocycles. The standard InChI is InChI=1S/C14H17BrCl2N2O/c15-9-6-10(16)12(11(17)7-9)19-13(20)14(8-18)4-2-1-3-5-14/h6-7H,1-5,8,18H2,(H,19,20). The van der Waals surface area contributed by atoms with Gasteiger partial charge in [0, 0.05) is 11.0 Å². The average molecular weight is 380 g/mol. The third-order valence-corrected chi connectivity index (χ3v) is 4.98. The lowest BCUT2D eigenvalue weighted by molar-refractivity contribution is -0.126. The first kappa shape index (κ1) is 16.1. The minimum absolute atomic E-state index is 0.0779. The molecule has 1 saturated carbocycles. The average Bonchev–Trinajstić information content (AvgIpc) is 2.43. The first-order valence-corrected chi connectivity index (χ1v) is 8.19. The van der Waals surface area contributed by atoms with Crippen molar-refractivity contribution in [2.75, 3.05) is 11.9 Å². The van der Waals surface area contributed by atoms with E-state index in [1.807, 2.05) is 0 Å². The maximum absolute atomic E-state index is 12.6. The molecule has 1 aliphatic rings. The Labute approximate surface area is 137 Å². The van der Waals surface area contributed by atoms with Crippen LogP contribution in [-0.2, 0) is 4.79 Å². The van der Waals surface area contributed by atoms with E-state index in [0.717, 1.165) is 36.6 Å². The third-order valence-electron chi connectivity index (χ3n) is 3.93. The quantitative estimate of drug-likeness (QED) is 0.805. The summed E-state index contributed by atoms with van der Waals surface area (Å²) in [5.74, 6) is -0.0779. The maximum atomic E-state index is 12.6. The van der Waals surface area contributed by atoms with Crippen LogP contribution in [0.5, 0.6) is 0 Å². The molecule has 0 unspecified atom stereocenters. The van der Waals surface area contributed by atoms with Crippen molar-refractivity contribution < 1.29 is 4.79 Å². The molecule has 0 bridgehead atoms. The molecule has 0 spiro atoms. The van der Waals surface area contributed by atoms with Gasteiger partial charge in [0.25, 0.3) is 0 Å². The Morgan fingerprint density at radius 3 is 2.30 bits per heavy atom. The van der Waals surface area contributed by atoms with Gasteiger partial charge in [-0.05, 0) is 25.0 Å². The predicted octanol–water partition coefficient (Wildman–Crippen LogP) is 4.60. The summed E-state index contributed by atoms with van der Waals surface area (Å²) in [6.07, 6.45) is 4.87. The van der Waals surface area contributed by atoms with Crippen LogP contribution in [0.4, 0.5) is 5.69 Å². The molecule has 0 radical (unpaired) electrons. The highest BCUT2D eigenvalue weighted by Crippen LogP contribution is 2.39. The number of amides is 1. The molecule has 1 fully saturated rings. The molecule has 20 heavy (non-hydrogen) atoms. The summed E-state index contributed by atoms with van der Waals surface area (Å²) in [6.45, 7) is 0.352. The van der Waals surface area contributed by atoms with E-state index in [-0.39, 0.29) is 5.91 Å². The summed E-state index contributed by atoms with van der Waals surface area (Å²) in [6, 6.07) is 3.41. The lowest BCUT2D eigenvalue weighted by Crippen LogP contribution is -2.43. The zero-order chi connectivity index (χ0) is 14.8. The van der Waals surface area contributed by atoms with Crippen molar-refractivity contribution in [3.8, 4) is 0 Å². The molecule has 0 heterocycles. The monoisotopic (exact) mass is 378 g/mol. The van der Waals surface area contributed by atoms with E-state index in [2.05, 4.69) is 21.2 Å². The number of benzene rings is 1. The predicted molar refractivity (Wildman–Crippen MR) is 87.4 cm³/mol. The van der Waals surface area contributed by atoms with Crippen LogP contribution in [0.15, 0.2) is 16.6 Å². The zero-order valence-corrected chi connectivity index (χ0v) is 14.1. The largest absolute Gasteiger partial charge is 0.329 e. The van der Waals surface area contributed by atoms with Gasteiger partial charge in [-0.1, -0.05) is 58.4 Å². The van der Waals surface area contributed by atoms with Gasteiger partial charge in [0.1, 0.15) is 0 Å². The highest BCUT2D eigenvalue weighted by atomic mass is 79.9. The molecule has 1 amide bonds. The second kappa shape index (κ2) is 6.65. The van der Waals surface area contributed by atoms with Crippen LogP contribution in [0.3, 0.4) is 0 Å². The van der Waals surface area contributed by atoms with E-state index in [0.29, 0.717) is 22.3 Å². The number of halogens is 3. The fourth-order valence-electron chi connectivity index (χ4n) is 2.66. The van der Waals surface area contributed by atoms with Crippen molar-refractivity contribution in [2.24, 2.45) is 11.1 Å². The molecule has 2 rings (SSSR count). The second-order valence-corrected chi connectivity index (χ2v) is 6.97. The molecule has 6 heteroatoms. The Bertz CT molecular complexity index is 493. The molecule has 0 aromatic heterocycles. The van der Waals surface area contributed by atoms with Crippen LogP contribution in [0.1, 0.15) is 32.1 Å². The summed E-state index contributed by atoms with van der Waals surface area (Å²) in [7, 11) is 0. The molecule has 3 N–H and O–H groups in total. The van der Waals surface area contributed by atoms with Crippen LogP contribution in [-0.4, -0.2) is 12.5 Å². The van der Waals surface area contributed by atoms with E-state index >= 15 is 0 Å². The second-order valence-electron chi connectivity index (χ2n) is 5.24. The summed E-state index contributed by atoms with van der Waals surface area (Å²) in [5.41, 5.74) is 5.83. The van der Waals surface area contributed by atoms with Crippen molar-refractivity contribution in [1.29, 1.82) is 0 Å². The molecule has 3 nitrogen and oxygen atoms in total. The number of hydrogen-bond acceptors (Lipinski definition) is 2. The number of nitrogens with two attached hydrogens (primary N) is 1. The van der Waals surface area contributed by atoms with E-state index in [1.165, 1.54) is 0 Å². The Morgan fingerprint density at radius 1 is 1.25 bits per heavy atom. The van der Waals surface area contributed by atoms with E-state index in [1.54, 1.807) is 12.1 Å². The minimum Gasteiger partial charge on any atom is -0.329 e. The molecular formula is C14H17BrCl2N2O. The lowest BCUT2D eigenvalue weighted by atomic mass is 9.73. The number of carbonyl (C=O) groups excluding carboxylic acids is 1. The SMILES string of the molecule is NCC1(C(=O)Nc2c(Cl)cc(Br)cc2Cl)CCCCC1. The van der Waals surface area contributed by atoms with Gasteiger partial charge in [0.05, 0.1) is 21.1 Å². The van der Waals surface area contributed by atoms with Crippen molar-refractivity contribution in [1.82, 2.24) is 0 Å². The van der Waals surface area contributed by atoms with Crippen molar-refractivity contribution in [3.63, 3.8) is 0 Å². The molecule has 0 atom stereocenters. The van der Waals surface area contributed by atoms with Gasteiger partial charge in [0.15, 0.2) is 0 Å². The normalized spacial score (nSPS) is 17.8. The Hall–Kier alpha value is -0.290. The molecule has 1 aromatic rings. The van der Waals surface area contributed by atoms with Crippen LogP contribution in [0.2, 0.25) is 10.0 Å². The summed E-state index contributed by atoms with van der Waals surface area (Å²) in [5, 5.41) is 3.70. The topological polar surface area (TPSA) is 55.1 Å². The lowest BCUT2D eigenvalue weighted by Gasteiger charge is -2.34. The number of anilines is 1. The van der Waals surface area contributed by atoms with Gasteiger partial charge in [-0.3, -0.25) is 4.79 Å². The fraction of sp³-hybridized carbons (Fsp3) is 0.500. The summed E-state index contributed by atoms with van der Waals surface area (Å²) >= 11 is 15.6. The Morgan fingerprint density at radius 2 is 1.80 bits per heavy atom. The maximum Gasteiger partial charge on any atom is 0.231 e. The minimum atomic E-state index is -0.488. The van der Waals surface area contributed by atoms with E-state index in [4.69, 9.17) is 28.9 Å². The molecular weight excluding hydrogens is 363 g/mol.